The van der Waals surface area contributed by atoms with Gasteiger partial charge in [-0.2, -0.15) is 0 Å². The van der Waals surface area contributed by atoms with Crippen molar-refractivity contribution in [2.45, 2.75) is 19.8 Å². The highest BCUT2D eigenvalue weighted by Crippen LogP contribution is 2.33. The number of rotatable bonds is 3. The summed E-state index contributed by atoms with van der Waals surface area (Å²) in [6.45, 7) is 2.13. The zero-order chi connectivity index (χ0) is 12.4. The molecule has 6 heteroatoms. The molecule has 0 aromatic carbocycles. The molecule has 0 fully saturated rings. The Balaban J connectivity index is 2.53. The first-order valence-corrected chi connectivity index (χ1v) is 8.21. The summed E-state index contributed by atoms with van der Waals surface area (Å²) in [7, 11) is 0. The lowest BCUT2D eigenvalue weighted by atomic mass is 10.2. The summed E-state index contributed by atoms with van der Waals surface area (Å²) in [5.41, 5.74) is 1.03. The van der Waals surface area contributed by atoms with Gasteiger partial charge < -0.3 is 0 Å². The van der Waals surface area contributed by atoms with Crippen molar-refractivity contribution in [2.75, 3.05) is 0 Å². The van der Waals surface area contributed by atoms with E-state index in [1.807, 2.05) is 11.4 Å². The van der Waals surface area contributed by atoms with Gasteiger partial charge in [-0.25, -0.2) is 9.97 Å². The summed E-state index contributed by atoms with van der Waals surface area (Å²) in [5, 5.41) is 2.55. The Morgan fingerprint density at radius 1 is 1.47 bits per heavy atom. The highest BCUT2D eigenvalue weighted by molar-refractivity contribution is 14.1. The maximum absolute atomic E-state index is 6.15. The molecule has 0 bridgehead atoms. The molecule has 2 aromatic heterocycles. The van der Waals surface area contributed by atoms with Crippen LogP contribution in [0.2, 0.25) is 5.15 Å². The lowest BCUT2D eigenvalue weighted by Crippen LogP contribution is -2.00. The van der Waals surface area contributed by atoms with Gasteiger partial charge in [-0.15, -0.1) is 11.3 Å². The summed E-state index contributed by atoms with van der Waals surface area (Å²) in [4.78, 5) is 9.98. The summed E-state index contributed by atoms with van der Waals surface area (Å²) >= 11 is 13.5. The summed E-state index contributed by atoms with van der Waals surface area (Å²) in [6.07, 6.45) is 1.98. The fourth-order valence-electron chi connectivity index (χ4n) is 1.42. The third-order valence-corrected chi connectivity index (χ3v) is 5.75. The second-order valence-electron chi connectivity index (χ2n) is 3.45. The number of aryl methyl sites for hydroxylation is 1. The molecule has 0 aliphatic heterocycles. The van der Waals surface area contributed by atoms with Gasteiger partial charge in [0.25, 0.3) is 0 Å². The van der Waals surface area contributed by atoms with Crippen LogP contribution in [0.5, 0.6) is 0 Å². The van der Waals surface area contributed by atoms with E-state index in [1.54, 1.807) is 11.3 Å². The quantitative estimate of drug-likeness (QED) is 0.483. The first kappa shape index (κ1) is 13.7. The molecule has 17 heavy (non-hydrogen) atoms. The van der Waals surface area contributed by atoms with E-state index in [0.717, 1.165) is 31.5 Å². The molecule has 2 nitrogen and oxygen atoms in total. The van der Waals surface area contributed by atoms with Crippen LogP contribution >= 0.6 is 61.5 Å². The van der Waals surface area contributed by atoms with Gasteiger partial charge in [-0.3, -0.25) is 0 Å². The topological polar surface area (TPSA) is 25.8 Å². The second-order valence-corrected chi connectivity index (χ2v) is 6.65. The Hall–Kier alpha value is 0.280. The van der Waals surface area contributed by atoms with E-state index in [2.05, 4.69) is 55.4 Å². The minimum Gasteiger partial charge on any atom is -0.231 e. The molecule has 0 N–H and O–H groups in total. The summed E-state index contributed by atoms with van der Waals surface area (Å²) in [6, 6.07) is 1.99. The zero-order valence-electron chi connectivity index (χ0n) is 9.01. The molecule has 0 amide bonds. The number of aromatic nitrogens is 2. The van der Waals surface area contributed by atoms with Gasteiger partial charge in [0.1, 0.15) is 5.15 Å². The van der Waals surface area contributed by atoms with E-state index in [-0.39, 0.29) is 0 Å². The average Bonchev–Trinajstić information content (AvgIpc) is 2.71. The maximum Gasteiger partial charge on any atom is 0.172 e. The van der Waals surface area contributed by atoms with E-state index >= 15 is 0 Å². The number of hydrogen-bond acceptors (Lipinski definition) is 3. The van der Waals surface area contributed by atoms with Gasteiger partial charge in [-0.1, -0.05) is 24.9 Å². The molecule has 2 rings (SSSR count). The normalized spacial score (nSPS) is 10.8. The van der Waals surface area contributed by atoms with Crippen molar-refractivity contribution in [1.82, 2.24) is 9.97 Å². The molecule has 0 saturated heterocycles. The zero-order valence-corrected chi connectivity index (χ0v) is 14.3. The minimum absolute atomic E-state index is 0.541. The standard InChI is InChI=1S/C11H9BrClIN2S/c1-2-3-7-8(14)10(13)16-11(15-7)9-6(12)4-5-17-9/h4-5H,2-3H2,1H3. The average molecular weight is 444 g/mol. The molecular weight excluding hydrogens is 434 g/mol. The molecule has 2 heterocycles. The van der Waals surface area contributed by atoms with E-state index in [0.29, 0.717) is 11.0 Å². The van der Waals surface area contributed by atoms with Crippen molar-refractivity contribution in [3.63, 3.8) is 0 Å². The smallest absolute Gasteiger partial charge is 0.172 e. The number of hydrogen-bond donors (Lipinski definition) is 0. The van der Waals surface area contributed by atoms with Gasteiger partial charge >= 0.3 is 0 Å². The Morgan fingerprint density at radius 2 is 2.24 bits per heavy atom. The Kier molecular flexibility index (Phi) is 4.80. The molecule has 0 aliphatic carbocycles. The van der Waals surface area contributed by atoms with Gasteiger partial charge in [0.15, 0.2) is 5.82 Å². The third kappa shape index (κ3) is 3.00. The predicted molar refractivity (Wildman–Crippen MR) is 84.8 cm³/mol. The van der Waals surface area contributed by atoms with E-state index in [1.165, 1.54) is 0 Å². The van der Waals surface area contributed by atoms with Crippen LogP contribution in [-0.4, -0.2) is 9.97 Å². The molecular formula is C11H9BrClIN2S. The molecule has 90 valence electrons. The molecule has 2 aromatic rings. The highest BCUT2D eigenvalue weighted by atomic mass is 127. The lowest BCUT2D eigenvalue weighted by Gasteiger charge is -2.06. The fourth-order valence-corrected chi connectivity index (χ4v) is 3.60. The SMILES string of the molecule is CCCc1nc(-c2sccc2Br)nc(Cl)c1I. The van der Waals surface area contributed by atoms with Gasteiger partial charge in [0.2, 0.25) is 0 Å². The first-order chi connectivity index (χ1) is 8.13. The summed E-state index contributed by atoms with van der Waals surface area (Å²) < 4.78 is 1.98. The van der Waals surface area contributed by atoms with Crippen molar-refractivity contribution in [3.8, 4) is 10.7 Å². The second kappa shape index (κ2) is 5.95. The molecule has 0 unspecified atom stereocenters. The Morgan fingerprint density at radius 3 is 2.82 bits per heavy atom. The highest BCUT2D eigenvalue weighted by Gasteiger charge is 2.14. The van der Waals surface area contributed by atoms with Crippen molar-refractivity contribution >= 4 is 61.5 Å². The largest absolute Gasteiger partial charge is 0.231 e. The van der Waals surface area contributed by atoms with Crippen LogP contribution in [-0.2, 0) is 6.42 Å². The summed E-state index contributed by atoms with van der Waals surface area (Å²) in [5.74, 6) is 0.709. The number of thiophene rings is 1. The van der Waals surface area contributed by atoms with E-state index < -0.39 is 0 Å². The molecule has 0 radical (unpaired) electrons. The van der Waals surface area contributed by atoms with Crippen LogP contribution in [0, 0.1) is 3.57 Å². The van der Waals surface area contributed by atoms with Crippen LogP contribution in [0.4, 0.5) is 0 Å². The maximum atomic E-state index is 6.15. The minimum atomic E-state index is 0.541. The van der Waals surface area contributed by atoms with Crippen LogP contribution in [0.1, 0.15) is 19.0 Å². The van der Waals surface area contributed by atoms with Crippen LogP contribution in [0.15, 0.2) is 15.9 Å². The Bertz CT molecular complexity index is 544. The molecule has 0 aliphatic rings. The number of nitrogens with zero attached hydrogens (tertiary/aromatic N) is 2. The van der Waals surface area contributed by atoms with Crippen molar-refractivity contribution in [2.24, 2.45) is 0 Å². The van der Waals surface area contributed by atoms with Crippen molar-refractivity contribution in [3.05, 3.63) is 30.3 Å². The van der Waals surface area contributed by atoms with Crippen LogP contribution in [0.3, 0.4) is 0 Å². The van der Waals surface area contributed by atoms with Crippen LogP contribution in [0.25, 0.3) is 10.7 Å². The van der Waals surface area contributed by atoms with Crippen LogP contribution < -0.4 is 0 Å². The van der Waals surface area contributed by atoms with Gasteiger partial charge in [-0.05, 0) is 56.4 Å². The van der Waals surface area contributed by atoms with Crippen molar-refractivity contribution < 1.29 is 0 Å². The molecule has 0 spiro atoms. The monoisotopic (exact) mass is 442 g/mol. The van der Waals surface area contributed by atoms with Gasteiger partial charge in [0, 0.05) is 4.47 Å². The predicted octanol–water partition coefficient (Wildman–Crippen LogP) is 5.18. The first-order valence-electron chi connectivity index (χ1n) is 5.08. The lowest BCUT2D eigenvalue weighted by molar-refractivity contribution is 0.867. The van der Waals surface area contributed by atoms with E-state index in [4.69, 9.17) is 11.6 Å². The van der Waals surface area contributed by atoms with E-state index in [9.17, 15) is 0 Å². The van der Waals surface area contributed by atoms with Crippen molar-refractivity contribution in [1.29, 1.82) is 0 Å². The Labute approximate surface area is 131 Å². The molecule has 0 atom stereocenters. The fraction of sp³-hybridized carbons (Fsp3) is 0.273. The van der Waals surface area contributed by atoms with Gasteiger partial charge in [0.05, 0.1) is 14.1 Å². The third-order valence-electron chi connectivity index (χ3n) is 2.19. The molecule has 0 saturated carbocycles. The number of halogens is 3.